The molecule has 0 radical (unpaired) electrons. The minimum Gasteiger partial charge on any atom is -0.463 e. The Labute approximate surface area is 320 Å². The molecule has 0 amide bonds. The predicted molar refractivity (Wildman–Crippen MR) is 204 cm³/mol. The summed E-state index contributed by atoms with van der Waals surface area (Å²) in [5, 5.41) is 0. The second kappa shape index (κ2) is 25.6. The lowest BCUT2D eigenvalue weighted by atomic mass is 9.99. The van der Waals surface area contributed by atoms with Crippen LogP contribution in [-0.2, 0) is 47.6 Å². The Morgan fingerprint density at radius 1 is 0.623 bits per heavy atom. The molecule has 3 rings (SSSR count). The van der Waals surface area contributed by atoms with Gasteiger partial charge in [-0.1, -0.05) is 77.6 Å². The Bertz CT molecular complexity index is 1120. The number of carbonyl (C=O) groups excluding carboxylic acids is 4. The maximum Gasteiger partial charge on any atom is 0.334 e. The van der Waals surface area contributed by atoms with E-state index in [1.807, 2.05) is 13.0 Å². The first kappa shape index (κ1) is 44.9. The van der Waals surface area contributed by atoms with Gasteiger partial charge in [0.2, 0.25) is 0 Å². The summed E-state index contributed by atoms with van der Waals surface area (Å²) in [5.74, 6) is -0.973. The predicted octanol–water partition coefficient (Wildman–Crippen LogP) is 9.57. The van der Waals surface area contributed by atoms with Crippen molar-refractivity contribution in [3.05, 3.63) is 11.6 Å². The highest BCUT2D eigenvalue weighted by atomic mass is 16.6. The second-order valence-electron chi connectivity index (χ2n) is 15.8. The third-order valence-corrected chi connectivity index (χ3v) is 11.0. The molecule has 0 aromatic rings. The molecule has 0 saturated carbocycles. The lowest BCUT2D eigenvalue weighted by Crippen LogP contribution is -2.35. The highest BCUT2D eigenvalue weighted by Crippen LogP contribution is 2.36. The highest BCUT2D eigenvalue weighted by molar-refractivity contribution is 5.90. The van der Waals surface area contributed by atoms with Crippen molar-refractivity contribution in [2.75, 3.05) is 0 Å². The molecule has 3 heterocycles. The van der Waals surface area contributed by atoms with Crippen molar-refractivity contribution < 1.29 is 47.6 Å². The molecule has 53 heavy (non-hydrogen) atoms. The minimum atomic E-state index is -0.348. The van der Waals surface area contributed by atoms with E-state index in [1.54, 1.807) is 0 Å². The van der Waals surface area contributed by atoms with Crippen LogP contribution >= 0.6 is 0 Å². The molecule has 0 unspecified atom stereocenters. The molecule has 8 atom stereocenters. The van der Waals surface area contributed by atoms with Crippen LogP contribution in [-0.4, -0.2) is 72.7 Å². The Balaban J connectivity index is 1.32. The molecule has 2 saturated heterocycles. The first-order valence-corrected chi connectivity index (χ1v) is 21.3. The van der Waals surface area contributed by atoms with E-state index in [2.05, 4.69) is 6.92 Å². The van der Waals surface area contributed by atoms with E-state index in [1.165, 1.54) is 65.7 Å². The summed E-state index contributed by atoms with van der Waals surface area (Å²) >= 11 is 0. The summed E-state index contributed by atoms with van der Waals surface area (Å²) in [6.45, 7) is 8.46. The molecular weight excluding hydrogens is 676 g/mol. The van der Waals surface area contributed by atoms with Crippen LogP contribution in [0.5, 0.6) is 0 Å². The fourth-order valence-corrected chi connectivity index (χ4v) is 8.27. The first-order valence-electron chi connectivity index (χ1n) is 21.3. The average molecular weight is 749 g/mol. The van der Waals surface area contributed by atoms with Crippen molar-refractivity contribution in [3.8, 4) is 0 Å². The third-order valence-electron chi connectivity index (χ3n) is 11.0. The van der Waals surface area contributed by atoms with Crippen LogP contribution in [0.1, 0.15) is 189 Å². The van der Waals surface area contributed by atoms with Gasteiger partial charge in [-0.3, -0.25) is 14.4 Å². The molecule has 304 valence electrons. The number of cyclic esters (lactones) is 1. The summed E-state index contributed by atoms with van der Waals surface area (Å²) in [4.78, 5) is 47.5. The summed E-state index contributed by atoms with van der Waals surface area (Å²) in [6, 6.07) is 0. The van der Waals surface area contributed by atoms with Gasteiger partial charge in [-0.2, -0.15) is 0 Å². The monoisotopic (exact) mass is 749 g/mol. The Morgan fingerprint density at radius 3 is 1.57 bits per heavy atom. The molecular formula is C43H72O10. The number of hydrogen-bond donors (Lipinski definition) is 0. The van der Waals surface area contributed by atoms with Gasteiger partial charge in [0.15, 0.2) is 0 Å². The van der Waals surface area contributed by atoms with Gasteiger partial charge in [0.25, 0.3) is 0 Å². The van der Waals surface area contributed by atoms with Gasteiger partial charge in [-0.05, 0) is 96.5 Å². The molecule has 2 fully saturated rings. The van der Waals surface area contributed by atoms with Crippen molar-refractivity contribution in [2.24, 2.45) is 0 Å². The molecule has 0 aromatic carbocycles. The molecule has 0 aromatic heterocycles. The summed E-state index contributed by atoms with van der Waals surface area (Å²) in [6.07, 6.45) is 24.8. The number of carbonyl (C=O) groups is 4. The maximum absolute atomic E-state index is 12.0. The van der Waals surface area contributed by atoms with Gasteiger partial charge in [0.1, 0.15) is 24.4 Å². The fourth-order valence-electron chi connectivity index (χ4n) is 8.27. The van der Waals surface area contributed by atoms with Gasteiger partial charge in [-0.15, -0.1) is 0 Å². The van der Waals surface area contributed by atoms with Gasteiger partial charge < -0.3 is 28.4 Å². The largest absolute Gasteiger partial charge is 0.463 e. The van der Waals surface area contributed by atoms with Crippen molar-refractivity contribution in [1.82, 2.24) is 0 Å². The number of unbranched alkanes of at least 4 members (excludes halogenated alkanes) is 12. The lowest BCUT2D eigenvalue weighted by molar-refractivity contribution is -0.164. The summed E-state index contributed by atoms with van der Waals surface area (Å²) in [5.41, 5.74) is 0.846. The smallest absolute Gasteiger partial charge is 0.334 e. The lowest BCUT2D eigenvalue weighted by Gasteiger charge is -2.27. The van der Waals surface area contributed by atoms with Crippen molar-refractivity contribution in [1.29, 1.82) is 0 Å². The highest BCUT2D eigenvalue weighted by Gasteiger charge is 2.42. The number of ether oxygens (including phenoxy) is 6. The van der Waals surface area contributed by atoms with Crippen molar-refractivity contribution in [3.63, 3.8) is 0 Å². The quantitative estimate of drug-likeness (QED) is 0.0434. The molecule has 3 aliphatic rings. The van der Waals surface area contributed by atoms with Crippen LogP contribution in [0.3, 0.4) is 0 Å². The fraction of sp³-hybridized carbons (Fsp3) is 0.860. The van der Waals surface area contributed by atoms with Gasteiger partial charge >= 0.3 is 23.9 Å². The normalized spacial score (nSPS) is 24.4. The number of esters is 4. The number of hydrogen-bond acceptors (Lipinski definition) is 10. The third kappa shape index (κ3) is 18.2. The molecule has 0 spiro atoms. The van der Waals surface area contributed by atoms with Crippen LogP contribution in [0.25, 0.3) is 0 Å². The Kier molecular flexibility index (Phi) is 21.7. The summed E-state index contributed by atoms with van der Waals surface area (Å²) in [7, 11) is 0. The standard InChI is InChI=1S/C43H72O10/c1-6-7-8-18-22-36(49-32(3)44)23-20-25-38(51-34(5)46)40-27-29-42(53-40)41-28-26-39(52-41)37(50-33(4)45)24-19-16-14-12-10-9-11-13-15-17-21-35-30-31(2)48-43(35)47/h30-31,36-42H,6-29H2,1-5H3/t31-,36-,37+,38+,39+,40+,41+,42+/m1/s1. The van der Waals surface area contributed by atoms with E-state index in [0.29, 0.717) is 6.42 Å². The van der Waals surface area contributed by atoms with E-state index < -0.39 is 0 Å². The zero-order valence-electron chi connectivity index (χ0n) is 33.7. The number of rotatable bonds is 28. The minimum absolute atomic E-state index is 0.0718. The van der Waals surface area contributed by atoms with E-state index >= 15 is 0 Å². The molecule has 10 heteroatoms. The second-order valence-corrected chi connectivity index (χ2v) is 15.8. The summed E-state index contributed by atoms with van der Waals surface area (Å²) < 4.78 is 35.4. The van der Waals surface area contributed by atoms with Crippen molar-refractivity contribution >= 4 is 23.9 Å². The molecule has 3 aliphatic heterocycles. The van der Waals surface area contributed by atoms with Crippen LogP contribution < -0.4 is 0 Å². The zero-order chi connectivity index (χ0) is 38.4. The topological polar surface area (TPSA) is 124 Å². The van der Waals surface area contributed by atoms with Crippen LogP contribution in [0, 0.1) is 0 Å². The van der Waals surface area contributed by atoms with Crippen LogP contribution in [0.4, 0.5) is 0 Å². The average Bonchev–Trinajstić information content (AvgIpc) is 3.85. The molecule has 10 nitrogen and oxygen atoms in total. The Hall–Kier alpha value is -2.46. The van der Waals surface area contributed by atoms with Crippen LogP contribution in [0.2, 0.25) is 0 Å². The van der Waals surface area contributed by atoms with E-state index in [4.69, 9.17) is 28.4 Å². The first-order chi connectivity index (χ1) is 25.5. The van der Waals surface area contributed by atoms with Gasteiger partial charge in [-0.25, -0.2) is 4.79 Å². The zero-order valence-corrected chi connectivity index (χ0v) is 33.7. The maximum atomic E-state index is 12.0. The van der Waals surface area contributed by atoms with E-state index in [9.17, 15) is 19.2 Å². The molecule has 0 bridgehead atoms. The SMILES string of the molecule is CCCCCC[C@H](CCC[C@H](OC(C)=O)[C@@H]1CC[C@@H]([C@@H]2CC[C@@H]([C@H](CCCCCCCCCCCCC3=C[C@@H](C)OC3=O)OC(C)=O)O2)O1)OC(C)=O. The van der Waals surface area contributed by atoms with Gasteiger partial charge in [0, 0.05) is 26.3 Å². The van der Waals surface area contributed by atoms with E-state index in [0.717, 1.165) is 108 Å². The van der Waals surface area contributed by atoms with Gasteiger partial charge in [0.05, 0.1) is 24.4 Å². The molecule has 0 N–H and O–H groups in total. The van der Waals surface area contributed by atoms with Crippen LogP contribution in [0.15, 0.2) is 11.6 Å². The van der Waals surface area contributed by atoms with E-state index in [-0.39, 0.29) is 72.7 Å². The Morgan fingerprint density at radius 2 is 1.08 bits per heavy atom. The van der Waals surface area contributed by atoms with Crippen molar-refractivity contribution in [2.45, 2.75) is 238 Å². The molecule has 0 aliphatic carbocycles.